The topological polar surface area (TPSA) is 33.4 Å². The molecule has 0 bridgehead atoms. The van der Waals surface area contributed by atoms with Crippen LogP contribution in [0, 0.1) is 0 Å². The molecule has 0 saturated carbocycles. The van der Waals surface area contributed by atoms with Gasteiger partial charge in [-0.2, -0.15) is 13.2 Å². The summed E-state index contributed by atoms with van der Waals surface area (Å²) in [5.41, 5.74) is 2.26. The highest BCUT2D eigenvalue weighted by molar-refractivity contribution is 5.79. The maximum atomic E-state index is 13.0. The Morgan fingerprint density at radius 2 is 1.65 bits per heavy atom. The first kappa shape index (κ1) is 21.2. The third-order valence-corrected chi connectivity index (χ3v) is 5.77. The normalized spacial score (nSPS) is 15.5. The third kappa shape index (κ3) is 4.25. The van der Waals surface area contributed by atoms with Gasteiger partial charge < -0.3 is 4.90 Å². The molecule has 0 N–H and O–H groups in total. The van der Waals surface area contributed by atoms with Gasteiger partial charge in [0.1, 0.15) is 0 Å². The lowest BCUT2D eigenvalue weighted by Crippen LogP contribution is -2.47. The molecule has 5 nitrogen and oxygen atoms in total. The predicted molar refractivity (Wildman–Crippen MR) is 117 cm³/mol. The summed E-state index contributed by atoms with van der Waals surface area (Å²) in [7, 11) is 0. The highest BCUT2D eigenvalue weighted by atomic mass is 19.4. The van der Waals surface area contributed by atoms with Crippen LogP contribution in [0.25, 0.3) is 16.7 Å². The van der Waals surface area contributed by atoms with Crippen LogP contribution < -0.4 is 10.6 Å². The van der Waals surface area contributed by atoms with Crippen LogP contribution in [-0.4, -0.2) is 46.8 Å². The molecule has 0 aliphatic carbocycles. The monoisotopic (exact) mass is 430 g/mol. The van der Waals surface area contributed by atoms with Gasteiger partial charge in [-0.05, 0) is 37.3 Å². The number of hydrogen-bond donors (Lipinski definition) is 0. The number of imidazole rings is 1. The van der Waals surface area contributed by atoms with Gasteiger partial charge in [-0.15, -0.1) is 0 Å². The minimum atomic E-state index is -4.34. The van der Waals surface area contributed by atoms with Gasteiger partial charge in [-0.3, -0.25) is 14.0 Å². The number of hydrogen-bond acceptors (Lipinski definition) is 3. The van der Waals surface area contributed by atoms with Gasteiger partial charge in [0, 0.05) is 50.7 Å². The number of alkyl halides is 3. The fourth-order valence-corrected chi connectivity index (χ4v) is 4.14. The van der Waals surface area contributed by atoms with Crippen LogP contribution in [0.1, 0.15) is 12.5 Å². The zero-order chi connectivity index (χ0) is 22.2. The average molecular weight is 430 g/mol. The van der Waals surface area contributed by atoms with Crippen molar-refractivity contribution < 1.29 is 13.2 Å². The summed E-state index contributed by atoms with van der Waals surface area (Å²) in [5, 5.41) is 0. The summed E-state index contributed by atoms with van der Waals surface area (Å²) in [6.45, 7) is 9.71. The van der Waals surface area contributed by atoms with E-state index in [0.717, 1.165) is 30.2 Å². The van der Waals surface area contributed by atoms with Crippen molar-refractivity contribution in [1.29, 1.82) is 0 Å². The number of piperazine rings is 1. The quantitative estimate of drug-likeness (QED) is 0.610. The van der Waals surface area contributed by atoms with E-state index in [1.165, 1.54) is 12.1 Å². The van der Waals surface area contributed by atoms with Crippen molar-refractivity contribution in [3.63, 3.8) is 0 Å². The highest BCUT2D eigenvalue weighted by Crippen LogP contribution is 2.31. The van der Waals surface area contributed by atoms with Crippen molar-refractivity contribution in [3.8, 4) is 0 Å². The molecular formula is C23H25F3N4O. The molecule has 164 valence electrons. The molecule has 31 heavy (non-hydrogen) atoms. The summed E-state index contributed by atoms with van der Waals surface area (Å²) in [5.74, 6) is 0. The van der Waals surface area contributed by atoms with E-state index in [0.29, 0.717) is 37.6 Å². The number of allylic oxidation sites excluding steroid dienone is 1. The first-order valence-electron chi connectivity index (χ1n) is 10.3. The first-order valence-corrected chi connectivity index (χ1v) is 10.3. The van der Waals surface area contributed by atoms with Crippen LogP contribution >= 0.6 is 0 Å². The van der Waals surface area contributed by atoms with Crippen molar-refractivity contribution in [2.24, 2.45) is 0 Å². The molecule has 1 aliphatic rings. The van der Waals surface area contributed by atoms with Gasteiger partial charge in [-0.25, -0.2) is 4.79 Å². The smallest absolute Gasteiger partial charge is 0.369 e. The van der Waals surface area contributed by atoms with E-state index in [2.05, 4.69) is 11.5 Å². The van der Waals surface area contributed by atoms with Gasteiger partial charge >= 0.3 is 11.9 Å². The standard InChI is InChI=1S/C23H25F3N4O/c1-17(2)30-21-9-4-3-8-20(21)29(22(30)31)15-12-27-10-13-28(14-11-27)19-7-5-6-18(16-19)23(24,25)26/h3-9,16H,1,10-15H2,2H3. The van der Waals surface area contributed by atoms with E-state index in [-0.39, 0.29) is 5.69 Å². The van der Waals surface area contributed by atoms with Crippen molar-refractivity contribution in [1.82, 2.24) is 14.0 Å². The van der Waals surface area contributed by atoms with Gasteiger partial charge in [-0.1, -0.05) is 24.8 Å². The minimum absolute atomic E-state index is 0.101. The van der Waals surface area contributed by atoms with E-state index in [1.807, 2.05) is 36.1 Å². The molecule has 0 spiro atoms. The number of nitrogens with zero attached hydrogens (tertiary/aromatic N) is 4. The minimum Gasteiger partial charge on any atom is -0.369 e. The van der Waals surface area contributed by atoms with E-state index < -0.39 is 11.7 Å². The van der Waals surface area contributed by atoms with Crippen LogP contribution in [0.5, 0.6) is 0 Å². The number of halogens is 3. The predicted octanol–water partition coefficient (Wildman–Crippen LogP) is 4.13. The molecule has 0 radical (unpaired) electrons. The Kier molecular flexibility index (Phi) is 5.66. The van der Waals surface area contributed by atoms with E-state index >= 15 is 0 Å². The van der Waals surface area contributed by atoms with Crippen molar-refractivity contribution in [3.05, 3.63) is 71.2 Å². The fraction of sp³-hybridized carbons (Fsp3) is 0.348. The first-order chi connectivity index (χ1) is 14.8. The summed E-state index contributed by atoms with van der Waals surface area (Å²) in [4.78, 5) is 17.1. The van der Waals surface area contributed by atoms with Crippen molar-refractivity contribution in [2.45, 2.75) is 19.6 Å². The molecule has 2 aromatic carbocycles. The molecule has 2 heterocycles. The van der Waals surface area contributed by atoms with E-state index in [1.54, 1.807) is 15.2 Å². The Morgan fingerprint density at radius 3 is 2.29 bits per heavy atom. The Hall–Kier alpha value is -3.00. The molecule has 1 aromatic heterocycles. The number of benzene rings is 2. The maximum absolute atomic E-state index is 13.0. The lowest BCUT2D eigenvalue weighted by atomic mass is 10.1. The number of anilines is 1. The second-order valence-electron chi connectivity index (χ2n) is 7.87. The molecule has 8 heteroatoms. The summed E-state index contributed by atoms with van der Waals surface area (Å²) in [6, 6.07) is 13.1. The molecule has 1 saturated heterocycles. The molecule has 0 atom stereocenters. The Balaban J connectivity index is 1.43. The Bertz CT molecular complexity index is 1150. The fourth-order valence-electron chi connectivity index (χ4n) is 4.14. The van der Waals surface area contributed by atoms with Crippen molar-refractivity contribution in [2.75, 3.05) is 37.6 Å². The molecule has 4 rings (SSSR count). The average Bonchev–Trinajstić information content (AvgIpc) is 3.03. The molecule has 3 aromatic rings. The summed E-state index contributed by atoms with van der Waals surface area (Å²) >= 11 is 0. The SMILES string of the molecule is C=C(C)n1c(=O)n(CCN2CCN(c3cccc(C(F)(F)F)c3)CC2)c2ccccc21. The van der Waals surface area contributed by atoms with Gasteiger partial charge in [0.05, 0.1) is 16.6 Å². The highest BCUT2D eigenvalue weighted by Gasteiger charge is 2.31. The van der Waals surface area contributed by atoms with Gasteiger partial charge in [0.2, 0.25) is 0 Å². The molecule has 0 unspecified atom stereocenters. The van der Waals surface area contributed by atoms with Crippen molar-refractivity contribution >= 4 is 22.4 Å². The molecular weight excluding hydrogens is 405 g/mol. The molecule has 0 amide bonds. The largest absolute Gasteiger partial charge is 0.416 e. The van der Waals surface area contributed by atoms with E-state index in [4.69, 9.17) is 0 Å². The maximum Gasteiger partial charge on any atom is 0.416 e. The van der Waals surface area contributed by atoms with Crippen LogP contribution in [0.15, 0.2) is 59.9 Å². The molecule has 1 aliphatic heterocycles. The second kappa shape index (κ2) is 8.26. The van der Waals surface area contributed by atoms with Crippen LogP contribution in [0.3, 0.4) is 0 Å². The third-order valence-electron chi connectivity index (χ3n) is 5.77. The lowest BCUT2D eigenvalue weighted by molar-refractivity contribution is -0.137. The van der Waals surface area contributed by atoms with Crippen LogP contribution in [0.4, 0.5) is 18.9 Å². The summed E-state index contributed by atoms with van der Waals surface area (Å²) < 4.78 is 42.4. The van der Waals surface area contributed by atoms with Crippen LogP contribution in [-0.2, 0) is 12.7 Å². The van der Waals surface area contributed by atoms with Crippen LogP contribution in [0.2, 0.25) is 0 Å². The number of para-hydroxylation sites is 2. The zero-order valence-corrected chi connectivity index (χ0v) is 17.4. The molecule has 1 fully saturated rings. The number of rotatable bonds is 5. The van der Waals surface area contributed by atoms with Gasteiger partial charge in [0.25, 0.3) is 0 Å². The zero-order valence-electron chi connectivity index (χ0n) is 17.4. The lowest BCUT2D eigenvalue weighted by Gasteiger charge is -2.36. The Morgan fingerprint density at radius 1 is 0.968 bits per heavy atom. The second-order valence-corrected chi connectivity index (χ2v) is 7.87. The Labute approximate surface area is 178 Å². The summed E-state index contributed by atoms with van der Waals surface area (Å²) in [6.07, 6.45) is -4.34. The van der Waals surface area contributed by atoms with Gasteiger partial charge in [0.15, 0.2) is 0 Å². The van der Waals surface area contributed by atoms with E-state index in [9.17, 15) is 18.0 Å². The number of fused-ring (bicyclic) bond motifs is 1. The number of aromatic nitrogens is 2.